The van der Waals surface area contributed by atoms with E-state index in [1.807, 2.05) is 61.5 Å². The third kappa shape index (κ3) is 4.35. The van der Waals surface area contributed by atoms with Crippen LogP contribution in [-0.4, -0.2) is 17.5 Å². The van der Waals surface area contributed by atoms with Gasteiger partial charge in [0.1, 0.15) is 11.3 Å². The van der Waals surface area contributed by atoms with Crippen molar-refractivity contribution in [3.05, 3.63) is 65.9 Å². The molecule has 0 fully saturated rings. The third-order valence-corrected chi connectivity index (χ3v) is 3.96. The Morgan fingerprint density at radius 1 is 1.08 bits per heavy atom. The molecule has 0 bridgehead atoms. The number of ether oxygens (including phenoxy) is 1. The van der Waals surface area contributed by atoms with E-state index in [-0.39, 0.29) is 12.5 Å². The van der Waals surface area contributed by atoms with Gasteiger partial charge in [-0.2, -0.15) is 0 Å². The summed E-state index contributed by atoms with van der Waals surface area (Å²) < 4.78 is 5.70. The number of nitrogens with zero attached hydrogens (tertiary/aromatic N) is 1. The molecule has 1 N–H and O–H groups in total. The van der Waals surface area contributed by atoms with Crippen molar-refractivity contribution in [2.45, 2.75) is 26.7 Å². The highest BCUT2D eigenvalue weighted by molar-refractivity contribution is 5.92. The maximum atomic E-state index is 12.1. The first-order chi connectivity index (χ1) is 12.2. The Balaban J connectivity index is 1.63. The minimum atomic E-state index is -0.187. The summed E-state index contributed by atoms with van der Waals surface area (Å²) in [5.74, 6) is 0.433. The topological polar surface area (TPSA) is 51.2 Å². The van der Waals surface area contributed by atoms with Crippen molar-refractivity contribution in [2.24, 2.45) is 0 Å². The summed E-state index contributed by atoms with van der Waals surface area (Å²) in [6.07, 6.45) is 2.16. The van der Waals surface area contributed by atoms with Crippen LogP contribution in [0.4, 0.5) is 5.69 Å². The summed E-state index contributed by atoms with van der Waals surface area (Å²) in [6, 6.07) is 17.6. The minimum absolute atomic E-state index is 0.0502. The van der Waals surface area contributed by atoms with Crippen LogP contribution < -0.4 is 10.1 Å². The Morgan fingerprint density at radius 3 is 2.64 bits per heavy atom. The third-order valence-electron chi connectivity index (χ3n) is 3.96. The van der Waals surface area contributed by atoms with Crippen LogP contribution in [0.5, 0.6) is 5.75 Å². The highest BCUT2D eigenvalue weighted by atomic mass is 16.5. The van der Waals surface area contributed by atoms with Gasteiger partial charge in [0.05, 0.1) is 0 Å². The number of carbonyl (C=O) groups is 1. The lowest BCUT2D eigenvalue weighted by Crippen LogP contribution is -2.20. The molecular weight excluding hydrogens is 312 g/mol. The summed E-state index contributed by atoms with van der Waals surface area (Å²) in [4.78, 5) is 16.7. The Bertz CT molecular complexity index is 873. The Hall–Kier alpha value is -2.88. The quantitative estimate of drug-likeness (QED) is 0.721. The number of rotatable bonds is 6. The number of nitrogens with one attached hydrogen (secondary N) is 1. The standard InChI is InChI=1S/C21H22N2O2/c1-3-5-16-9-12-18(13-10-16)23-20(24)14-25-19-7-4-6-17-11-8-15(2)22-21(17)19/h4,6-13H,3,5,14H2,1-2H3,(H,23,24). The van der Waals surface area contributed by atoms with Gasteiger partial charge in [0.15, 0.2) is 6.61 Å². The van der Waals surface area contributed by atoms with Gasteiger partial charge in [-0.1, -0.05) is 43.7 Å². The molecule has 0 saturated heterocycles. The summed E-state index contributed by atoms with van der Waals surface area (Å²) in [5.41, 5.74) is 3.74. The highest BCUT2D eigenvalue weighted by Crippen LogP contribution is 2.24. The summed E-state index contributed by atoms with van der Waals surface area (Å²) in [5, 5.41) is 3.85. The van der Waals surface area contributed by atoms with Crippen LogP contribution in [0, 0.1) is 6.92 Å². The number of para-hydroxylation sites is 1. The van der Waals surface area contributed by atoms with Gasteiger partial charge in [-0.05, 0) is 43.2 Å². The lowest BCUT2D eigenvalue weighted by atomic mass is 10.1. The monoisotopic (exact) mass is 334 g/mol. The number of hydrogen-bond acceptors (Lipinski definition) is 3. The first kappa shape index (κ1) is 17.0. The smallest absolute Gasteiger partial charge is 0.262 e. The van der Waals surface area contributed by atoms with Crippen molar-refractivity contribution in [2.75, 3.05) is 11.9 Å². The second-order valence-corrected chi connectivity index (χ2v) is 6.06. The van der Waals surface area contributed by atoms with E-state index in [9.17, 15) is 4.79 Å². The van der Waals surface area contributed by atoms with Gasteiger partial charge in [0.2, 0.25) is 0 Å². The van der Waals surface area contributed by atoms with Crippen molar-refractivity contribution < 1.29 is 9.53 Å². The van der Waals surface area contributed by atoms with E-state index in [2.05, 4.69) is 17.2 Å². The normalized spacial score (nSPS) is 10.6. The maximum Gasteiger partial charge on any atom is 0.262 e. The summed E-state index contributed by atoms with van der Waals surface area (Å²) >= 11 is 0. The molecule has 3 aromatic rings. The van der Waals surface area contributed by atoms with Crippen molar-refractivity contribution in [1.29, 1.82) is 0 Å². The van der Waals surface area contributed by atoms with Crippen LogP contribution in [-0.2, 0) is 11.2 Å². The number of carbonyl (C=O) groups excluding carboxylic acids is 1. The second-order valence-electron chi connectivity index (χ2n) is 6.06. The number of hydrogen-bond donors (Lipinski definition) is 1. The number of pyridine rings is 1. The van der Waals surface area contributed by atoms with Crippen LogP contribution in [0.2, 0.25) is 0 Å². The van der Waals surface area contributed by atoms with E-state index < -0.39 is 0 Å². The summed E-state index contributed by atoms with van der Waals surface area (Å²) in [6.45, 7) is 4.03. The van der Waals surface area contributed by atoms with E-state index in [1.54, 1.807) is 0 Å². The van der Waals surface area contributed by atoms with Gasteiger partial charge in [-0.25, -0.2) is 4.98 Å². The number of amides is 1. The van der Waals surface area contributed by atoms with Crippen molar-refractivity contribution in [1.82, 2.24) is 4.98 Å². The van der Waals surface area contributed by atoms with Gasteiger partial charge >= 0.3 is 0 Å². The molecule has 128 valence electrons. The average molecular weight is 334 g/mol. The molecular formula is C21H22N2O2. The van der Waals surface area contributed by atoms with E-state index in [4.69, 9.17) is 4.74 Å². The molecule has 0 aliphatic heterocycles. The van der Waals surface area contributed by atoms with Crippen LogP contribution in [0.1, 0.15) is 24.6 Å². The van der Waals surface area contributed by atoms with Crippen LogP contribution >= 0.6 is 0 Å². The molecule has 0 spiro atoms. The van der Waals surface area contributed by atoms with Gasteiger partial charge in [0.25, 0.3) is 5.91 Å². The average Bonchev–Trinajstić information content (AvgIpc) is 2.62. The molecule has 0 unspecified atom stereocenters. The molecule has 0 atom stereocenters. The van der Waals surface area contributed by atoms with Crippen molar-refractivity contribution in [3.63, 3.8) is 0 Å². The number of aromatic nitrogens is 1. The zero-order valence-electron chi connectivity index (χ0n) is 14.6. The van der Waals surface area contributed by atoms with Gasteiger partial charge in [-0.15, -0.1) is 0 Å². The number of fused-ring (bicyclic) bond motifs is 1. The minimum Gasteiger partial charge on any atom is -0.481 e. The Kier molecular flexibility index (Phi) is 5.29. The van der Waals surface area contributed by atoms with Gasteiger partial charge < -0.3 is 10.1 Å². The predicted octanol–water partition coefficient (Wildman–Crippen LogP) is 4.51. The van der Waals surface area contributed by atoms with Crippen molar-refractivity contribution in [3.8, 4) is 5.75 Å². The van der Waals surface area contributed by atoms with Gasteiger partial charge in [0, 0.05) is 16.8 Å². The highest BCUT2D eigenvalue weighted by Gasteiger charge is 2.08. The van der Waals surface area contributed by atoms with Crippen LogP contribution in [0.3, 0.4) is 0 Å². The lowest BCUT2D eigenvalue weighted by Gasteiger charge is -2.10. The molecule has 4 heteroatoms. The molecule has 1 amide bonds. The molecule has 1 aromatic heterocycles. The van der Waals surface area contributed by atoms with E-state index in [0.29, 0.717) is 5.75 Å². The first-order valence-corrected chi connectivity index (χ1v) is 8.53. The molecule has 0 aliphatic carbocycles. The zero-order chi connectivity index (χ0) is 17.6. The molecule has 0 saturated carbocycles. The van der Waals surface area contributed by atoms with E-state index in [1.165, 1.54) is 5.56 Å². The first-order valence-electron chi connectivity index (χ1n) is 8.53. The molecule has 4 nitrogen and oxygen atoms in total. The number of anilines is 1. The fraction of sp³-hybridized carbons (Fsp3) is 0.238. The Morgan fingerprint density at radius 2 is 1.88 bits per heavy atom. The van der Waals surface area contributed by atoms with Crippen molar-refractivity contribution >= 4 is 22.5 Å². The van der Waals surface area contributed by atoms with Gasteiger partial charge in [-0.3, -0.25) is 4.79 Å². The molecule has 25 heavy (non-hydrogen) atoms. The van der Waals surface area contributed by atoms with Crippen LogP contribution in [0.15, 0.2) is 54.6 Å². The molecule has 2 aromatic carbocycles. The van der Waals surface area contributed by atoms with E-state index >= 15 is 0 Å². The predicted molar refractivity (Wildman–Crippen MR) is 101 cm³/mol. The lowest BCUT2D eigenvalue weighted by molar-refractivity contribution is -0.118. The zero-order valence-corrected chi connectivity index (χ0v) is 14.6. The second kappa shape index (κ2) is 7.79. The van der Waals surface area contributed by atoms with E-state index in [0.717, 1.165) is 35.1 Å². The molecule has 1 heterocycles. The summed E-state index contributed by atoms with van der Waals surface area (Å²) in [7, 11) is 0. The number of benzene rings is 2. The van der Waals surface area contributed by atoms with Crippen LogP contribution in [0.25, 0.3) is 10.9 Å². The fourth-order valence-corrected chi connectivity index (χ4v) is 2.72. The SMILES string of the molecule is CCCc1ccc(NC(=O)COc2cccc3ccc(C)nc23)cc1. The number of aryl methyl sites for hydroxylation is 2. The largest absolute Gasteiger partial charge is 0.481 e. The molecule has 0 aliphatic rings. The maximum absolute atomic E-state index is 12.1. The molecule has 3 rings (SSSR count). The fourth-order valence-electron chi connectivity index (χ4n) is 2.72. The Labute approximate surface area is 147 Å². The molecule has 0 radical (unpaired) electrons.